The van der Waals surface area contributed by atoms with Gasteiger partial charge in [-0.2, -0.15) is 0 Å². The van der Waals surface area contributed by atoms with Crippen LogP contribution < -0.4 is 5.73 Å². The molecule has 4 nitrogen and oxygen atoms in total. The molecule has 17 heavy (non-hydrogen) atoms. The van der Waals surface area contributed by atoms with Gasteiger partial charge in [0.2, 0.25) is 0 Å². The van der Waals surface area contributed by atoms with Crippen LogP contribution in [0.15, 0.2) is 37.1 Å². The number of rotatable bonds is 5. The van der Waals surface area contributed by atoms with E-state index in [-0.39, 0.29) is 6.04 Å². The van der Waals surface area contributed by atoms with Crippen LogP contribution in [0.3, 0.4) is 0 Å². The Labute approximate surface area is 102 Å². The summed E-state index contributed by atoms with van der Waals surface area (Å²) in [6.07, 6.45) is 9.28. The van der Waals surface area contributed by atoms with Crippen molar-refractivity contribution in [1.82, 2.24) is 14.5 Å². The van der Waals surface area contributed by atoms with Crippen molar-refractivity contribution < 1.29 is 0 Å². The van der Waals surface area contributed by atoms with Crippen molar-refractivity contribution in [2.24, 2.45) is 5.73 Å². The van der Waals surface area contributed by atoms with Gasteiger partial charge in [0.05, 0.1) is 12.0 Å². The van der Waals surface area contributed by atoms with E-state index >= 15 is 0 Å². The minimum absolute atomic E-state index is 0.0754. The van der Waals surface area contributed by atoms with Crippen molar-refractivity contribution in [2.45, 2.75) is 32.4 Å². The first-order valence-corrected chi connectivity index (χ1v) is 5.95. The van der Waals surface area contributed by atoms with Crippen LogP contribution in [-0.2, 0) is 13.0 Å². The first-order valence-electron chi connectivity index (χ1n) is 5.95. The number of imidazole rings is 1. The van der Waals surface area contributed by atoms with Gasteiger partial charge in [-0.25, -0.2) is 4.98 Å². The minimum atomic E-state index is 0.0754. The van der Waals surface area contributed by atoms with E-state index < -0.39 is 0 Å². The minimum Gasteiger partial charge on any atom is -0.333 e. The summed E-state index contributed by atoms with van der Waals surface area (Å²) >= 11 is 0. The van der Waals surface area contributed by atoms with Crippen molar-refractivity contribution >= 4 is 0 Å². The molecule has 2 N–H and O–H groups in total. The molecule has 4 heteroatoms. The largest absolute Gasteiger partial charge is 0.333 e. The summed E-state index contributed by atoms with van der Waals surface area (Å²) in [6, 6.07) is 4.12. The molecule has 90 valence electrons. The fourth-order valence-electron chi connectivity index (χ4n) is 1.83. The summed E-state index contributed by atoms with van der Waals surface area (Å²) in [5.41, 5.74) is 8.38. The SMILES string of the molecule is CC[C@@H](N)c1cncn1CCc1cccnc1. The lowest BCUT2D eigenvalue weighted by atomic mass is 10.1. The van der Waals surface area contributed by atoms with E-state index in [0.717, 1.165) is 25.1 Å². The van der Waals surface area contributed by atoms with E-state index in [0.29, 0.717) is 0 Å². The van der Waals surface area contributed by atoms with Gasteiger partial charge in [-0.15, -0.1) is 0 Å². The monoisotopic (exact) mass is 230 g/mol. The van der Waals surface area contributed by atoms with E-state index in [1.807, 2.05) is 24.8 Å². The second-order valence-corrected chi connectivity index (χ2v) is 4.14. The Hall–Kier alpha value is -1.68. The second-order valence-electron chi connectivity index (χ2n) is 4.14. The molecule has 2 aromatic heterocycles. The first-order chi connectivity index (χ1) is 8.31. The summed E-state index contributed by atoms with van der Waals surface area (Å²) in [7, 11) is 0. The first kappa shape index (κ1) is 11.8. The molecular formula is C13H18N4. The number of pyridine rings is 1. The van der Waals surface area contributed by atoms with Crippen molar-refractivity contribution in [2.75, 3.05) is 0 Å². The third kappa shape index (κ3) is 2.91. The predicted molar refractivity (Wildman–Crippen MR) is 67.4 cm³/mol. The zero-order chi connectivity index (χ0) is 12.1. The molecule has 2 rings (SSSR count). The highest BCUT2D eigenvalue weighted by molar-refractivity contribution is 5.10. The zero-order valence-electron chi connectivity index (χ0n) is 10.1. The molecule has 0 spiro atoms. The van der Waals surface area contributed by atoms with E-state index in [2.05, 4.69) is 27.5 Å². The molecule has 0 aliphatic carbocycles. The lowest BCUT2D eigenvalue weighted by molar-refractivity contribution is 0.588. The molecule has 0 bridgehead atoms. The fourth-order valence-corrected chi connectivity index (χ4v) is 1.83. The van der Waals surface area contributed by atoms with E-state index in [4.69, 9.17) is 5.73 Å². The van der Waals surface area contributed by atoms with Crippen molar-refractivity contribution in [3.05, 3.63) is 48.3 Å². The average molecular weight is 230 g/mol. The molecule has 0 radical (unpaired) electrons. The van der Waals surface area contributed by atoms with Crippen LogP contribution in [0.4, 0.5) is 0 Å². The van der Waals surface area contributed by atoms with Crippen molar-refractivity contribution in [1.29, 1.82) is 0 Å². The number of aromatic nitrogens is 3. The van der Waals surface area contributed by atoms with Crippen molar-refractivity contribution in [3.63, 3.8) is 0 Å². The Kier molecular flexibility index (Phi) is 3.88. The van der Waals surface area contributed by atoms with Gasteiger partial charge in [0.15, 0.2) is 0 Å². The maximum atomic E-state index is 6.04. The number of hydrogen-bond acceptors (Lipinski definition) is 3. The lowest BCUT2D eigenvalue weighted by Gasteiger charge is -2.12. The Morgan fingerprint density at radius 3 is 2.94 bits per heavy atom. The summed E-state index contributed by atoms with van der Waals surface area (Å²) in [4.78, 5) is 8.28. The number of hydrogen-bond donors (Lipinski definition) is 1. The lowest BCUT2D eigenvalue weighted by Crippen LogP contribution is -2.15. The average Bonchev–Trinajstić information content (AvgIpc) is 2.85. The molecule has 0 amide bonds. The number of nitrogens with two attached hydrogens (primary N) is 1. The van der Waals surface area contributed by atoms with Crippen LogP contribution in [0.2, 0.25) is 0 Å². The molecule has 0 aliphatic heterocycles. The highest BCUT2D eigenvalue weighted by Gasteiger charge is 2.09. The molecular weight excluding hydrogens is 212 g/mol. The molecule has 2 aromatic rings. The molecule has 1 atom stereocenters. The molecule has 0 saturated carbocycles. The van der Waals surface area contributed by atoms with E-state index in [1.54, 1.807) is 6.20 Å². The quantitative estimate of drug-likeness (QED) is 0.854. The summed E-state index contributed by atoms with van der Waals surface area (Å²) in [6.45, 7) is 2.98. The van der Waals surface area contributed by atoms with Crippen LogP contribution in [0.25, 0.3) is 0 Å². The summed E-state index contributed by atoms with van der Waals surface area (Å²) in [5, 5.41) is 0. The van der Waals surface area contributed by atoms with Gasteiger partial charge in [-0.3, -0.25) is 4.98 Å². The molecule has 0 unspecified atom stereocenters. The standard InChI is InChI=1S/C13H18N4/c1-2-12(14)13-9-16-10-17(13)7-5-11-4-3-6-15-8-11/h3-4,6,8-10,12H,2,5,7,14H2,1H3/t12-/m1/s1. The zero-order valence-corrected chi connectivity index (χ0v) is 10.1. The van der Waals surface area contributed by atoms with E-state index in [9.17, 15) is 0 Å². The third-order valence-electron chi connectivity index (χ3n) is 2.93. The molecule has 0 saturated heterocycles. The fraction of sp³-hybridized carbons (Fsp3) is 0.385. The maximum Gasteiger partial charge on any atom is 0.0948 e. The second kappa shape index (κ2) is 5.59. The molecule has 0 aromatic carbocycles. The van der Waals surface area contributed by atoms with Gasteiger partial charge >= 0.3 is 0 Å². The van der Waals surface area contributed by atoms with Crippen LogP contribution in [-0.4, -0.2) is 14.5 Å². The maximum absolute atomic E-state index is 6.04. The van der Waals surface area contributed by atoms with Crippen LogP contribution >= 0.6 is 0 Å². The van der Waals surface area contributed by atoms with Gasteiger partial charge in [0.1, 0.15) is 0 Å². The van der Waals surface area contributed by atoms with Gasteiger partial charge in [-0.1, -0.05) is 13.0 Å². The highest BCUT2D eigenvalue weighted by atomic mass is 15.1. The Morgan fingerprint density at radius 1 is 1.35 bits per heavy atom. The summed E-state index contributed by atoms with van der Waals surface area (Å²) < 4.78 is 2.13. The Bertz CT molecular complexity index is 449. The van der Waals surface area contributed by atoms with Crippen molar-refractivity contribution in [3.8, 4) is 0 Å². The third-order valence-corrected chi connectivity index (χ3v) is 2.93. The van der Waals surface area contributed by atoms with E-state index in [1.165, 1.54) is 5.56 Å². The van der Waals surface area contributed by atoms with Crippen LogP contribution in [0.5, 0.6) is 0 Å². The van der Waals surface area contributed by atoms with Crippen LogP contribution in [0.1, 0.15) is 30.6 Å². The highest BCUT2D eigenvalue weighted by Crippen LogP contribution is 2.13. The molecule has 2 heterocycles. The van der Waals surface area contributed by atoms with Crippen LogP contribution in [0, 0.1) is 0 Å². The topological polar surface area (TPSA) is 56.7 Å². The molecule has 0 fully saturated rings. The Morgan fingerprint density at radius 2 is 2.24 bits per heavy atom. The molecule has 0 aliphatic rings. The Balaban J connectivity index is 2.02. The van der Waals surface area contributed by atoms with Gasteiger partial charge in [0.25, 0.3) is 0 Å². The number of nitrogens with zero attached hydrogens (tertiary/aromatic N) is 3. The predicted octanol–water partition coefficient (Wildman–Crippen LogP) is 1.93. The smallest absolute Gasteiger partial charge is 0.0948 e. The van der Waals surface area contributed by atoms with Gasteiger partial charge in [0, 0.05) is 31.2 Å². The normalized spacial score (nSPS) is 12.6. The van der Waals surface area contributed by atoms with Gasteiger partial charge < -0.3 is 10.3 Å². The van der Waals surface area contributed by atoms with Gasteiger partial charge in [-0.05, 0) is 24.5 Å². The summed E-state index contributed by atoms with van der Waals surface area (Å²) in [5.74, 6) is 0. The number of aryl methyl sites for hydroxylation is 2.